The standard InChI is InChI=1S/C20H13Cl2F2N3O4/c1-3-31-18(30)13-9(2)27(12-5-4-10(23)6-11(12)24)20(8-26)17(29)15(22)14(21)16(28)19(13,20)7-25/h4-6,28-29H,3H2,1-2H3/t19-,20+/m0/s1. The van der Waals surface area contributed by atoms with Gasteiger partial charge in [-0.1, -0.05) is 23.2 Å². The lowest BCUT2D eigenvalue weighted by Gasteiger charge is -2.44. The van der Waals surface area contributed by atoms with E-state index in [0.29, 0.717) is 6.07 Å². The van der Waals surface area contributed by atoms with Gasteiger partial charge in [-0.15, -0.1) is 0 Å². The van der Waals surface area contributed by atoms with E-state index in [0.717, 1.165) is 17.0 Å². The second-order valence-electron chi connectivity index (χ2n) is 6.62. The van der Waals surface area contributed by atoms with Crippen molar-refractivity contribution in [1.29, 1.82) is 10.5 Å². The molecule has 0 aromatic heterocycles. The van der Waals surface area contributed by atoms with Gasteiger partial charge in [0.05, 0.1) is 23.9 Å². The fraction of sp³-hybridized carbons (Fsp3) is 0.250. The first-order valence-corrected chi connectivity index (χ1v) is 9.47. The predicted octanol–water partition coefficient (Wildman–Crippen LogP) is 4.42. The number of aliphatic hydroxyl groups is 2. The van der Waals surface area contributed by atoms with Crippen molar-refractivity contribution < 1.29 is 28.5 Å². The molecule has 1 heterocycles. The number of fused-ring (bicyclic) bond motifs is 1. The molecule has 0 bridgehead atoms. The van der Waals surface area contributed by atoms with Crippen LogP contribution in [0.25, 0.3) is 0 Å². The predicted molar refractivity (Wildman–Crippen MR) is 106 cm³/mol. The molecule has 0 saturated carbocycles. The summed E-state index contributed by atoms with van der Waals surface area (Å²) in [5.41, 5.74) is -6.55. The first kappa shape index (κ1) is 22.4. The Morgan fingerprint density at radius 3 is 2.32 bits per heavy atom. The molecule has 31 heavy (non-hydrogen) atoms. The van der Waals surface area contributed by atoms with Gasteiger partial charge in [-0.05, 0) is 26.0 Å². The Hall–Kier alpha value is -3.27. The third-order valence-electron chi connectivity index (χ3n) is 5.22. The second kappa shape index (κ2) is 7.45. The first-order valence-electron chi connectivity index (χ1n) is 8.71. The van der Waals surface area contributed by atoms with E-state index in [4.69, 9.17) is 27.9 Å². The van der Waals surface area contributed by atoms with Crippen LogP contribution in [0.3, 0.4) is 0 Å². The van der Waals surface area contributed by atoms with Gasteiger partial charge in [0, 0.05) is 11.8 Å². The minimum Gasteiger partial charge on any atom is -0.508 e. The monoisotopic (exact) mass is 467 g/mol. The fourth-order valence-corrected chi connectivity index (χ4v) is 4.45. The average molecular weight is 468 g/mol. The van der Waals surface area contributed by atoms with Crippen molar-refractivity contribution >= 4 is 34.9 Å². The Morgan fingerprint density at radius 2 is 1.81 bits per heavy atom. The van der Waals surface area contributed by atoms with E-state index in [1.165, 1.54) is 13.8 Å². The molecule has 1 aliphatic heterocycles. The van der Waals surface area contributed by atoms with Crippen molar-refractivity contribution in [3.05, 3.63) is 62.7 Å². The zero-order valence-electron chi connectivity index (χ0n) is 16.0. The lowest BCUT2D eigenvalue weighted by molar-refractivity contribution is -0.139. The number of nitriles is 2. The lowest BCUT2D eigenvalue weighted by atomic mass is 9.63. The number of hydrogen-bond acceptors (Lipinski definition) is 7. The summed E-state index contributed by atoms with van der Waals surface area (Å²) in [6, 6.07) is 5.72. The van der Waals surface area contributed by atoms with E-state index in [-0.39, 0.29) is 12.3 Å². The molecule has 2 atom stereocenters. The summed E-state index contributed by atoms with van der Waals surface area (Å²) in [5.74, 6) is -5.24. The topological polar surface area (TPSA) is 118 Å². The third kappa shape index (κ3) is 2.57. The number of anilines is 1. The molecule has 160 valence electrons. The Labute approximate surface area is 185 Å². The Bertz CT molecular complexity index is 1200. The van der Waals surface area contributed by atoms with E-state index in [9.17, 15) is 34.3 Å². The molecule has 1 aromatic carbocycles. The molecule has 1 aliphatic carbocycles. The van der Waals surface area contributed by atoms with Crippen LogP contribution < -0.4 is 4.90 Å². The summed E-state index contributed by atoms with van der Waals surface area (Å²) < 4.78 is 33.3. The van der Waals surface area contributed by atoms with Crippen LogP contribution in [0, 0.1) is 39.7 Å². The Balaban J connectivity index is 2.55. The first-order chi connectivity index (χ1) is 14.6. The van der Waals surface area contributed by atoms with Gasteiger partial charge in [0.1, 0.15) is 33.5 Å². The van der Waals surface area contributed by atoms with Crippen molar-refractivity contribution in [2.75, 3.05) is 11.5 Å². The number of rotatable bonds is 3. The normalized spacial score (nSPS) is 25.4. The van der Waals surface area contributed by atoms with Crippen LogP contribution in [-0.4, -0.2) is 28.3 Å². The Morgan fingerprint density at radius 1 is 1.19 bits per heavy atom. The van der Waals surface area contributed by atoms with Crippen LogP contribution in [0.2, 0.25) is 0 Å². The molecule has 0 spiro atoms. The number of carbonyl (C=O) groups excluding carboxylic acids is 1. The van der Waals surface area contributed by atoms with Gasteiger partial charge in [0.25, 0.3) is 0 Å². The van der Waals surface area contributed by atoms with Gasteiger partial charge in [0.15, 0.2) is 11.2 Å². The third-order valence-corrected chi connectivity index (χ3v) is 6.05. The molecule has 11 heteroatoms. The highest BCUT2D eigenvalue weighted by Crippen LogP contribution is 2.63. The Kier molecular flexibility index (Phi) is 5.39. The van der Waals surface area contributed by atoms with E-state index < -0.39 is 61.4 Å². The summed E-state index contributed by atoms with van der Waals surface area (Å²) in [7, 11) is 0. The number of benzene rings is 1. The van der Waals surface area contributed by atoms with Crippen LogP contribution in [0.5, 0.6) is 0 Å². The number of esters is 1. The SMILES string of the molecule is CCOC(=O)C1=C(C)N(c2ccc(F)cc2F)[C@]2(C#N)C(O)=C(Cl)C(Cl)=C(O)[C@]12C#N. The number of carbonyl (C=O) groups is 1. The molecule has 7 nitrogen and oxygen atoms in total. The average Bonchev–Trinajstić information content (AvgIpc) is 2.97. The molecule has 0 amide bonds. The van der Waals surface area contributed by atoms with Gasteiger partial charge < -0.3 is 19.8 Å². The molecule has 3 rings (SSSR count). The van der Waals surface area contributed by atoms with E-state index >= 15 is 0 Å². The van der Waals surface area contributed by atoms with Crippen molar-refractivity contribution in [3.8, 4) is 12.1 Å². The minimum absolute atomic E-state index is 0.137. The van der Waals surface area contributed by atoms with Crippen LogP contribution in [0.4, 0.5) is 14.5 Å². The molecule has 0 radical (unpaired) electrons. The molecule has 2 N–H and O–H groups in total. The zero-order valence-corrected chi connectivity index (χ0v) is 17.5. The zero-order chi connectivity index (χ0) is 23.3. The van der Waals surface area contributed by atoms with Gasteiger partial charge >= 0.3 is 5.97 Å². The van der Waals surface area contributed by atoms with Gasteiger partial charge in [0.2, 0.25) is 5.54 Å². The summed E-state index contributed by atoms with van der Waals surface area (Å²) >= 11 is 12.0. The van der Waals surface area contributed by atoms with Gasteiger partial charge in [-0.2, -0.15) is 10.5 Å². The summed E-state index contributed by atoms with van der Waals surface area (Å²) in [5, 5.41) is 40.8. The van der Waals surface area contributed by atoms with Crippen molar-refractivity contribution in [2.24, 2.45) is 5.41 Å². The number of hydrogen-bond donors (Lipinski definition) is 2. The number of nitrogens with zero attached hydrogens (tertiary/aromatic N) is 3. The molecule has 0 unspecified atom stereocenters. The maximum atomic E-state index is 14.8. The summed E-state index contributed by atoms with van der Waals surface area (Å²) in [4.78, 5) is 13.7. The summed E-state index contributed by atoms with van der Waals surface area (Å²) in [6.45, 7) is 2.59. The molecular formula is C20H13Cl2F2N3O4. The largest absolute Gasteiger partial charge is 0.508 e. The smallest absolute Gasteiger partial charge is 0.338 e. The quantitative estimate of drug-likeness (QED) is 0.631. The van der Waals surface area contributed by atoms with E-state index in [1.807, 2.05) is 0 Å². The maximum absolute atomic E-state index is 14.8. The number of allylic oxidation sites excluding steroid dienone is 3. The van der Waals surface area contributed by atoms with Gasteiger partial charge in [-0.25, -0.2) is 13.6 Å². The van der Waals surface area contributed by atoms with E-state index in [1.54, 1.807) is 12.1 Å². The fourth-order valence-electron chi connectivity index (χ4n) is 3.99. The summed E-state index contributed by atoms with van der Waals surface area (Å²) in [6.07, 6.45) is 0. The van der Waals surface area contributed by atoms with Crippen molar-refractivity contribution in [3.63, 3.8) is 0 Å². The molecule has 0 fully saturated rings. The van der Waals surface area contributed by atoms with Crippen LogP contribution in [-0.2, 0) is 9.53 Å². The highest BCUT2D eigenvalue weighted by molar-refractivity contribution is 6.44. The minimum atomic E-state index is -2.66. The number of aliphatic hydroxyl groups excluding tert-OH is 2. The highest BCUT2D eigenvalue weighted by atomic mass is 35.5. The highest BCUT2D eigenvalue weighted by Gasteiger charge is 2.74. The van der Waals surface area contributed by atoms with Gasteiger partial charge in [-0.3, -0.25) is 0 Å². The lowest BCUT2D eigenvalue weighted by Crippen LogP contribution is -2.59. The molecule has 1 aromatic rings. The second-order valence-corrected chi connectivity index (χ2v) is 7.38. The van der Waals surface area contributed by atoms with Crippen LogP contribution >= 0.6 is 23.2 Å². The maximum Gasteiger partial charge on any atom is 0.338 e. The molecule has 2 aliphatic rings. The molecular weight excluding hydrogens is 455 g/mol. The van der Waals surface area contributed by atoms with Crippen molar-refractivity contribution in [2.45, 2.75) is 19.4 Å². The van der Waals surface area contributed by atoms with E-state index in [2.05, 4.69) is 0 Å². The van der Waals surface area contributed by atoms with Crippen LogP contribution in [0.15, 0.2) is 51.1 Å². The molecule has 0 saturated heterocycles. The van der Waals surface area contributed by atoms with Crippen LogP contribution in [0.1, 0.15) is 13.8 Å². The number of halogens is 4. The van der Waals surface area contributed by atoms with Crippen molar-refractivity contribution in [1.82, 2.24) is 0 Å². The number of ether oxygens (including phenoxy) is 1.